The van der Waals surface area contributed by atoms with Crippen LogP contribution in [0.5, 0.6) is 5.75 Å². The lowest BCUT2D eigenvalue weighted by atomic mass is 10.1. The molecule has 1 aromatic rings. The highest BCUT2D eigenvalue weighted by Gasteiger charge is 2.43. The summed E-state index contributed by atoms with van der Waals surface area (Å²) in [6.45, 7) is 0. The average Bonchev–Trinajstić information content (AvgIpc) is 3.03. The van der Waals surface area contributed by atoms with E-state index in [1.165, 1.54) is 0 Å². The number of ether oxygens (including phenoxy) is 1. The Morgan fingerprint density at radius 2 is 1.28 bits per heavy atom. The van der Waals surface area contributed by atoms with E-state index in [1.54, 1.807) is 0 Å². The van der Waals surface area contributed by atoms with Gasteiger partial charge in [0.1, 0.15) is 5.56 Å². The van der Waals surface area contributed by atoms with E-state index in [9.17, 15) is 30.7 Å². The second kappa shape index (κ2) is 4.03. The van der Waals surface area contributed by atoms with Gasteiger partial charge < -0.3 is 4.74 Å². The standard InChI is InChI=1S/C10H5F7O/c11-5-4(10(15,16)17)6(12)8(14)9(7(5)13)18-3-1-2-3/h3H,1-2H2. The third kappa shape index (κ3) is 2.11. The fourth-order valence-corrected chi connectivity index (χ4v) is 1.32. The third-order valence-corrected chi connectivity index (χ3v) is 2.32. The van der Waals surface area contributed by atoms with Crippen LogP contribution in [0.15, 0.2) is 0 Å². The molecular formula is C10H5F7O. The molecule has 1 nitrogen and oxygen atoms in total. The second-order valence-electron chi connectivity index (χ2n) is 3.78. The van der Waals surface area contributed by atoms with E-state index in [0.717, 1.165) is 0 Å². The fourth-order valence-electron chi connectivity index (χ4n) is 1.32. The van der Waals surface area contributed by atoms with Crippen molar-refractivity contribution in [2.75, 3.05) is 0 Å². The van der Waals surface area contributed by atoms with Crippen LogP contribution in [-0.2, 0) is 6.18 Å². The zero-order valence-electron chi connectivity index (χ0n) is 8.55. The first-order valence-electron chi connectivity index (χ1n) is 4.83. The normalized spacial score (nSPS) is 15.9. The Bertz CT molecular complexity index is 461. The molecule has 0 radical (unpaired) electrons. The van der Waals surface area contributed by atoms with Crippen molar-refractivity contribution >= 4 is 0 Å². The van der Waals surface area contributed by atoms with Crippen molar-refractivity contribution < 1.29 is 35.5 Å². The van der Waals surface area contributed by atoms with Gasteiger partial charge in [-0.3, -0.25) is 0 Å². The summed E-state index contributed by atoms with van der Waals surface area (Å²) in [5, 5.41) is 0. The van der Waals surface area contributed by atoms with Gasteiger partial charge in [0.25, 0.3) is 0 Å². The van der Waals surface area contributed by atoms with Gasteiger partial charge in [0, 0.05) is 0 Å². The minimum Gasteiger partial charge on any atom is -0.484 e. The molecule has 0 unspecified atom stereocenters. The van der Waals surface area contributed by atoms with E-state index in [0.29, 0.717) is 12.8 Å². The molecule has 1 aromatic carbocycles. The Morgan fingerprint density at radius 3 is 1.61 bits per heavy atom. The molecule has 0 spiro atoms. The molecule has 8 heteroatoms. The molecule has 0 N–H and O–H groups in total. The van der Waals surface area contributed by atoms with Crippen LogP contribution < -0.4 is 4.74 Å². The summed E-state index contributed by atoms with van der Waals surface area (Å²) < 4.78 is 93.8. The Balaban J connectivity index is 2.59. The lowest BCUT2D eigenvalue weighted by Crippen LogP contribution is -2.16. The molecule has 0 bridgehead atoms. The molecule has 0 saturated heterocycles. The van der Waals surface area contributed by atoms with Crippen molar-refractivity contribution in [1.82, 2.24) is 0 Å². The molecule has 0 aliphatic heterocycles. The van der Waals surface area contributed by atoms with E-state index in [-0.39, 0.29) is 0 Å². The maximum atomic E-state index is 13.2. The van der Waals surface area contributed by atoms with Crippen LogP contribution in [0.1, 0.15) is 18.4 Å². The number of rotatable bonds is 2. The Kier molecular flexibility index (Phi) is 2.90. The highest BCUT2D eigenvalue weighted by Crippen LogP contribution is 2.40. The molecule has 1 aliphatic carbocycles. The van der Waals surface area contributed by atoms with Crippen LogP contribution in [0, 0.1) is 23.3 Å². The fraction of sp³-hybridized carbons (Fsp3) is 0.400. The molecule has 0 atom stereocenters. The molecule has 1 fully saturated rings. The third-order valence-electron chi connectivity index (χ3n) is 2.32. The Morgan fingerprint density at radius 1 is 0.833 bits per heavy atom. The van der Waals surface area contributed by atoms with Crippen LogP contribution in [0.4, 0.5) is 30.7 Å². The first kappa shape index (κ1) is 13.0. The van der Waals surface area contributed by atoms with Crippen LogP contribution in [0.2, 0.25) is 0 Å². The summed E-state index contributed by atoms with van der Waals surface area (Å²) in [7, 11) is 0. The number of hydrogen-bond acceptors (Lipinski definition) is 1. The summed E-state index contributed by atoms with van der Waals surface area (Å²) >= 11 is 0. The van der Waals surface area contributed by atoms with E-state index >= 15 is 0 Å². The monoisotopic (exact) mass is 274 g/mol. The molecule has 1 saturated carbocycles. The zero-order valence-corrected chi connectivity index (χ0v) is 8.55. The highest BCUT2D eigenvalue weighted by atomic mass is 19.4. The zero-order chi connectivity index (χ0) is 13.7. The quantitative estimate of drug-likeness (QED) is 0.588. The molecule has 18 heavy (non-hydrogen) atoms. The number of alkyl halides is 3. The first-order valence-corrected chi connectivity index (χ1v) is 4.83. The van der Waals surface area contributed by atoms with Gasteiger partial charge in [-0.15, -0.1) is 0 Å². The molecule has 1 aliphatic rings. The Labute approximate surface area is 96.2 Å². The van der Waals surface area contributed by atoms with Gasteiger partial charge in [-0.25, -0.2) is 8.78 Å². The summed E-state index contributed by atoms with van der Waals surface area (Å²) in [5.74, 6) is -10.8. The lowest BCUT2D eigenvalue weighted by molar-refractivity contribution is -0.143. The molecule has 0 aromatic heterocycles. The summed E-state index contributed by atoms with van der Waals surface area (Å²) in [6.07, 6.45) is -5.32. The summed E-state index contributed by atoms with van der Waals surface area (Å²) in [5.41, 5.74) is -2.60. The van der Waals surface area contributed by atoms with Gasteiger partial charge in [-0.05, 0) is 12.8 Å². The minimum absolute atomic E-state index is 0.420. The van der Waals surface area contributed by atoms with Crippen molar-refractivity contribution in [3.05, 3.63) is 28.8 Å². The smallest absolute Gasteiger partial charge is 0.422 e. The average molecular weight is 274 g/mol. The van der Waals surface area contributed by atoms with Gasteiger partial charge in [0.05, 0.1) is 6.10 Å². The maximum absolute atomic E-state index is 13.2. The van der Waals surface area contributed by atoms with Crippen molar-refractivity contribution in [3.63, 3.8) is 0 Å². The van der Waals surface area contributed by atoms with Gasteiger partial charge >= 0.3 is 6.18 Å². The topological polar surface area (TPSA) is 9.23 Å². The molecule has 100 valence electrons. The van der Waals surface area contributed by atoms with E-state index in [2.05, 4.69) is 4.74 Å². The van der Waals surface area contributed by atoms with Gasteiger partial charge in [-0.1, -0.05) is 0 Å². The molecular weight excluding hydrogens is 269 g/mol. The number of hydrogen-bond donors (Lipinski definition) is 0. The first-order chi connectivity index (χ1) is 8.23. The summed E-state index contributed by atoms with van der Waals surface area (Å²) in [4.78, 5) is 0. The van der Waals surface area contributed by atoms with Crippen LogP contribution in [-0.4, -0.2) is 6.10 Å². The van der Waals surface area contributed by atoms with Crippen molar-refractivity contribution in [3.8, 4) is 5.75 Å². The predicted octanol–water partition coefficient (Wildman–Crippen LogP) is 3.80. The molecule has 0 heterocycles. The van der Waals surface area contributed by atoms with Gasteiger partial charge in [0.2, 0.25) is 11.6 Å². The van der Waals surface area contributed by atoms with E-state index in [1.807, 2.05) is 0 Å². The van der Waals surface area contributed by atoms with Crippen LogP contribution in [0.25, 0.3) is 0 Å². The molecule has 2 rings (SSSR count). The maximum Gasteiger partial charge on any atom is 0.422 e. The van der Waals surface area contributed by atoms with Crippen LogP contribution >= 0.6 is 0 Å². The Hall–Kier alpha value is -1.47. The predicted molar refractivity (Wildman–Crippen MR) is 44.9 cm³/mol. The van der Waals surface area contributed by atoms with E-state index in [4.69, 9.17) is 0 Å². The van der Waals surface area contributed by atoms with Gasteiger partial charge in [-0.2, -0.15) is 22.0 Å². The lowest BCUT2D eigenvalue weighted by Gasteiger charge is -2.14. The van der Waals surface area contributed by atoms with Crippen LogP contribution in [0.3, 0.4) is 0 Å². The van der Waals surface area contributed by atoms with E-state index < -0.39 is 46.9 Å². The summed E-state index contributed by atoms with van der Waals surface area (Å²) in [6, 6.07) is 0. The van der Waals surface area contributed by atoms with Crippen molar-refractivity contribution in [2.45, 2.75) is 25.1 Å². The number of benzene rings is 1. The SMILES string of the molecule is Fc1c(F)c(C(F)(F)F)c(F)c(F)c1OC1CC1. The molecule has 0 amide bonds. The minimum atomic E-state index is -5.53. The van der Waals surface area contributed by atoms with Gasteiger partial charge in [0.15, 0.2) is 17.4 Å². The number of halogens is 7. The second-order valence-corrected chi connectivity index (χ2v) is 3.78. The van der Waals surface area contributed by atoms with Crippen molar-refractivity contribution in [2.24, 2.45) is 0 Å². The largest absolute Gasteiger partial charge is 0.484 e. The van der Waals surface area contributed by atoms with Crippen molar-refractivity contribution in [1.29, 1.82) is 0 Å². The highest BCUT2D eigenvalue weighted by molar-refractivity contribution is 5.36.